The zero-order valence-electron chi connectivity index (χ0n) is 11.5. The van der Waals surface area contributed by atoms with Crippen molar-refractivity contribution in [3.05, 3.63) is 30.1 Å². The second-order valence-electron chi connectivity index (χ2n) is 5.07. The van der Waals surface area contributed by atoms with Crippen LogP contribution in [0.4, 0.5) is 0 Å². The molecule has 0 aliphatic heterocycles. The number of nitrogens with zero attached hydrogens (tertiary/aromatic N) is 2. The minimum Gasteiger partial charge on any atom is -0.380 e. The van der Waals surface area contributed by atoms with Crippen LogP contribution in [0.15, 0.2) is 24.5 Å². The summed E-state index contributed by atoms with van der Waals surface area (Å²) < 4.78 is 7.58. The van der Waals surface area contributed by atoms with Crippen LogP contribution < -0.4 is 0 Å². The molecule has 19 heavy (non-hydrogen) atoms. The third-order valence-electron chi connectivity index (χ3n) is 3.11. The highest BCUT2D eigenvalue weighted by atomic mass is 16.5. The predicted octanol–water partition coefficient (Wildman–Crippen LogP) is 2.91. The lowest BCUT2D eigenvalue weighted by Crippen LogP contribution is -2.07. The van der Waals surface area contributed by atoms with Gasteiger partial charge < -0.3 is 9.30 Å². The number of ether oxygens (including phenoxy) is 1. The van der Waals surface area contributed by atoms with Crippen LogP contribution in [0.1, 0.15) is 30.6 Å². The molecule has 2 heterocycles. The quantitative estimate of drug-likeness (QED) is 0.568. The summed E-state index contributed by atoms with van der Waals surface area (Å²) in [6.07, 6.45) is 5.54. The highest BCUT2D eigenvalue weighted by molar-refractivity contribution is 5.95. The monoisotopic (exact) mass is 260 g/mol. The maximum atomic E-state index is 11.0. The molecule has 4 heteroatoms. The Bertz CT molecular complexity index is 546. The number of aldehydes is 1. The molecule has 2 rings (SSSR count). The van der Waals surface area contributed by atoms with Crippen LogP contribution >= 0.6 is 0 Å². The summed E-state index contributed by atoms with van der Waals surface area (Å²) >= 11 is 0. The van der Waals surface area contributed by atoms with Crippen LogP contribution in [0.2, 0.25) is 0 Å². The highest BCUT2D eigenvalue weighted by Gasteiger charge is 2.08. The zero-order chi connectivity index (χ0) is 13.7. The van der Waals surface area contributed by atoms with Crippen LogP contribution in [0.25, 0.3) is 11.0 Å². The molecule has 0 saturated carbocycles. The van der Waals surface area contributed by atoms with E-state index in [2.05, 4.69) is 18.8 Å². The van der Waals surface area contributed by atoms with Crippen molar-refractivity contribution in [1.82, 2.24) is 9.55 Å². The van der Waals surface area contributed by atoms with Gasteiger partial charge in [-0.3, -0.25) is 4.79 Å². The molecule has 0 aromatic carbocycles. The molecule has 0 amide bonds. The van der Waals surface area contributed by atoms with Gasteiger partial charge in [0.1, 0.15) is 5.65 Å². The fourth-order valence-corrected chi connectivity index (χ4v) is 2.00. The lowest BCUT2D eigenvalue weighted by atomic mass is 10.1. The van der Waals surface area contributed by atoms with Crippen molar-refractivity contribution in [1.29, 1.82) is 0 Å². The molecule has 0 radical (unpaired) electrons. The Morgan fingerprint density at radius 1 is 1.42 bits per heavy atom. The SMILES string of the molecule is CC(C)CCOCCn1cc(C=O)c2cccnc21. The predicted molar refractivity (Wildman–Crippen MR) is 75.4 cm³/mol. The molecule has 2 aromatic rings. The Hall–Kier alpha value is -1.68. The Balaban J connectivity index is 1.99. The molecule has 4 nitrogen and oxygen atoms in total. The van der Waals surface area contributed by atoms with Gasteiger partial charge in [0, 0.05) is 36.5 Å². The van der Waals surface area contributed by atoms with Crippen molar-refractivity contribution in [3.63, 3.8) is 0 Å². The molecule has 2 aromatic heterocycles. The standard InChI is InChI=1S/C15H20N2O2/c1-12(2)5-8-19-9-7-17-10-13(11-18)14-4-3-6-16-15(14)17/h3-4,6,10-12H,5,7-9H2,1-2H3. The first-order valence-corrected chi connectivity index (χ1v) is 6.69. The first kappa shape index (κ1) is 13.7. The summed E-state index contributed by atoms with van der Waals surface area (Å²) in [5.41, 5.74) is 1.53. The molecule has 0 aliphatic rings. The van der Waals surface area contributed by atoms with Gasteiger partial charge in [0.25, 0.3) is 0 Å². The second-order valence-corrected chi connectivity index (χ2v) is 5.07. The van der Waals surface area contributed by atoms with Crippen LogP contribution in [0, 0.1) is 5.92 Å². The van der Waals surface area contributed by atoms with Crippen LogP contribution in [0.3, 0.4) is 0 Å². The van der Waals surface area contributed by atoms with Crippen molar-refractivity contribution in [2.75, 3.05) is 13.2 Å². The minimum atomic E-state index is 0.644. The number of aromatic nitrogens is 2. The summed E-state index contributed by atoms with van der Waals surface area (Å²) in [6, 6.07) is 3.76. The van der Waals surface area contributed by atoms with Gasteiger partial charge in [-0.05, 0) is 24.5 Å². The topological polar surface area (TPSA) is 44.1 Å². The van der Waals surface area contributed by atoms with Gasteiger partial charge in [-0.25, -0.2) is 4.98 Å². The third-order valence-corrected chi connectivity index (χ3v) is 3.11. The van der Waals surface area contributed by atoms with Crippen LogP contribution in [0.5, 0.6) is 0 Å². The van der Waals surface area contributed by atoms with Crippen molar-refractivity contribution in [3.8, 4) is 0 Å². The van der Waals surface area contributed by atoms with Crippen molar-refractivity contribution < 1.29 is 9.53 Å². The molecule has 102 valence electrons. The molecule has 0 bridgehead atoms. The second kappa shape index (κ2) is 6.48. The molecule has 0 spiro atoms. The van der Waals surface area contributed by atoms with E-state index in [1.165, 1.54) is 0 Å². The normalized spacial score (nSPS) is 11.3. The molecule has 0 fully saturated rings. The lowest BCUT2D eigenvalue weighted by Gasteiger charge is -2.07. The number of hydrogen-bond donors (Lipinski definition) is 0. The Kier molecular flexibility index (Phi) is 4.68. The van der Waals surface area contributed by atoms with Gasteiger partial charge in [0.05, 0.1) is 6.61 Å². The Morgan fingerprint density at radius 3 is 3.00 bits per heavy atom. The fraction of sp³-hybridized carbons (Fsp3) is 0.467. The van der Waals surface area contributed by atoms with E-state index in [1.807, 2.05) is 22.9 Å². The van der Waals surface area contributed by atoms with Crippen LogP contribution in [-0.2, 0) is 11.3 Å². The lowest BCUT2D eigenvalue weighted by molar-refractivity contribution is 0.112. The summed E-state index contributed by atoms with van der Waals surface area (Å²) in [5.74, 6) is 0.663. The van der Waals surface area contributed by atoms with E-state index in [9.17, 15) is 4.79 Å². The number of rotatable bonds is 7. The largest absolute Gasteiger partial charge is 0.380 e. The maximum Gasteiger partial charge on any atom is 0.152 e. The first-order chi connectivity index (χ1) is 9.22. The van der Waals surface area contributed by atoms with E-state index < -0.39 is 0 Å². The maximum absolute atomic E-state index is 11.0. The van der Waals surface area contributed by atoms with Gasteiger partial charge in [-0.1, -0.05) is 13.8 Å². The number of pyridine rings is 1. The Labute approximate surface area is 113 Å². The van der Waals surface area contributed by atoms with E-state index in [-0.39, 0.29) is 0 Å². The van der Waals surface area contributed by atoms with Gasteiger partial charge in [-0.15, -0.1) is 0 Å². The Morgan fingerprint density at radius 2 is 2.26 bits per heavy atom. The van der Waals surface area contributed by atoms with E-state index in [0.717, 1.165) is 36.9 Å². The smallest absolute Gasteiger partial charge is 0.152 e. The molecule has 0 saturated heterocycles. The van der Waals surface area contributed by atoms with Gasteiger partial charge in [0.2, 0.25) is 0 Å². The number of carbonyl (C=O) groups is 1. The summed E-state index contributed by atoms with van der Waals surface area (Å²) in [5, 5.41) is 0.902. The van der Waals surface area contributed by atoms with Crippen molar-refractivity contribution in [2.45, 2.75) is 26.8 Å². The molecular weight excluding hydrogens is 240 g/mol. The summed E-state index contributed by atoms with van der Waals surface area (Å²) in [6.45, 7) is 6.52. The van der Waals surface area contributed by atoms with Crippen molar-refractivity contribution in [2.24, 2.45) is 5.92 Å². The average molecular weight is 260 g/mol. The zero-order valence-corrected chi connectivity index (χ0v) is 11.5. The third kappa shape index (κ3) is 3.41. The number of fused-ring (bicyclic) bond motifs is 1. The molecule has 0 N–H and O–H groups in total. The van der Waals surface area contributed by atoms with Gasteiger partial charge in [0.15, 0.2) is 6.29 Å². The van der Waals surface area contributed by atoms with E-state index in [4.69, 9.17) is 4.74 Å². The van der Waals surface area contributed by atoms with E-state index in [0.29, 0.717) is 18.1 Å². The summed E-state index contributed by atoms with van der Waals surface area (Å²) in [4.78, 5) is 15.3. The molecule has 0 aliphatic carbocycles. The first-order valence-electron chi connectivity index (χ1n) is 6.69. The van der Waals surface area contributed by atoms with Gasteiger partial charge in [-0.2, -0.15) is 0 Å². The van der Waals surface area contributed by atoms with Crippen molar-refractivity contribution >= 4 is 17.3 Å². The van der Waals surface area contributed by atoms with Gasteiger partial charge >= 0.3 is 0 Å². The number of hydrogen-bond acceptors (Lipinski definition) is 3. The minimum absolute atomic E-state index is 0.644. The highest BCUT2D eigenvalue weighted by Crippen LogP contribution is 2.17. The van der Waals surface area contributed by atoms with E-state index in [1.54, 1.807) is 6.20 Å². The van der Waals surface area contributed by atoms with E-state index >= 15 is 0 Å². The average Bonchev–Trinajstić information content (AvgIpc) is 2.76. The number of carbonyl (C=O) groups excluding carboxylic acids is 1. The molecule has 0 atom stereocenters. The van der Waals surface area contributed by atoms with Crippen LogP contribution in [-0.4, -0.2) is 29.1 Å². The summed E-state index contributed by atoms with van der Waals surface area (Å²) in [7, 11) is 0. The fourth-order valence-electron chi connectivity index (χ4n) is 2.00. The molecule has 0 unspecified atom stereocenters. The molecular formula is C15H20N2O2.